The van der Waals surface area contributed by atoms with E-state index in [2.05, 4.69) is 15.2 Å². The zero-order valence-electron chi connectivity index (χ0n) is 13.8. The van der Waals surface area contributed by atoms with Crippen LogP contribution in [0.5, 0.6) is 0 Å². The number of hydrogen-bond acceptors (Lipinski definition) is 2. The number of rotatable bonds is 3. The first-order valence-electron chi connectivity index (χ1n) is 8.78. The summed E-state index contributed by atoms with van der Waals surface area (Å²) < 4.78 is 33.1. The summed E-state index contributed by atoms with van der Waals surface area (Å²) in [5.74, 6) is 1.10. The fourth-order valence-electron chi connectivity index (χ4n) is 4.38. The van der Waals surface area contributed by atoms with Crippen LogP contribution in [0.2, 0.25) is 0 Å². The smallest absolute Gasteiger partial charge is 0.194 e. The van der Waals surface area contributed by atoms with Gasteiger partial charge in [-0.15, -0.1) is 0 Å². The molecule has 1 aromatic carbocycles. The summed E-state index contributed by atoms with van der Waals surface area (Å²) in [4.78, 5) is 6.80. The molecule has 1 aromatic rings. The Hall–Kier alpha value is -1.69. The van der Waals surface area contributed by atoms with Crippen molar-refractivity contribution in [2.45, 2.75) is 38.5 Å². The molecule has 4 nitrogen and oxygen atoms in total. The van der Waals surface area contributed by atoms with Gasteiger partial charge in [0, 0.05) is 37.0 Å². The summed E-state index contributed by atoms with van der Waals surface area (Å²) in [6.07, 6.45) is 3.13. The van der Waals surface area contributed by atoms with Crippen molar-refractivity contribution in [3.8, 4) is 0 Å². The Morgan fingerprint density at radius 3 is 2.62 bits per heavy atom. The minimum absolute atomic E-state index is 0.140. The standard InChI is InChI=1S/C18H23F2N3O/c1-2-21-18(22-8-11-7-12(19)3-4-15(11)20)23-9-13-14(10-23)17-6-5-16(13)24-17/h3-4,7,13-14,16-17H,2,5-6,8-10H2,1H3,(H,21,22). The van der Waals surface area contributed by atoms with Crippen LogP contribution in [0.4, 0.5) is 8.78 Å². The van der Waals surface area contributed by atoms with Crippen LogP contribution in [-0.2, 0) is 11.3 Å². The van der Waals surface area contributed by atoms with E-state index in [0.717, 1.165) is 37.7 Å². The lowest BCUT2D eigenvalue weighted by Crippen LogP contribution is -2.41. The van der Waals surface area contributed by atoms with Crippen molar-refractivity contribution in [1.29, 1.82) is 0 Å². The lowest BCUT2D eigenvalue weighted by molar-refractivity contribution is 0.0767. The Morgan fingerprint density at radius 1 is 1.25 bits per heavy atom. The Kier molecular flexibility index (Phi) is 4.16. The molecule has 2 bridgehead atoms. The summed E-state index contributed by atoms with van der Waals surface area (Å²) in [7, 11) is 0. The predicted octanol–water partition coefficient (Wildman–Crippen LogP) is 2.54. The number of nitrogens with one attached hydrogen (secondary N) is 1. The molecule has 4 rings (SSSR count). The molecule has 0 spiro atoms. The molecule has 1 N–H and O–H groups in total. The zero-order valence-corrected chi connectivity index (χ0v) is 13.8. The van der Waals surface area contributed by atoms with Gasteiger partial charge < -0.3 is 15.0 Å². The first kappa shape index (κ1) is 15.8. The first-order valence-corrected chi connectivity index (χ1v) is 8.78. The summed E-state index contributed by atoms with van der Waals surface area (Å²) in [5, 5.41) is 3.29. The van der Waals surface area contributed by atoms with Crippen LogP contribution in [-0.4, -0.2) is 42.7 Å². The largest absolute Gasteiger partial charge is 0.374 e. The molecule has 3 heterocycles. The van der Waals surface area contributed by atoms with Crippen molar-refractivity contribution in [1.82, 2.24) is 10.2 Å². The number of guanidine groups is 1. The lowest BCUT2D eigenvalue weighted by atomic mass is 9.82. The third-order valence-electron chi connectivity index (χ3n) is 5.49. The maximum atomic E-state index is 13.8. The third-order valence-corrected chi connectivity index (χ3v) is 5.49. The second kappa shape index (κ2) is 6.31. The van der Waals surface area contributed by atoms with Crippen LogP contribution in [0.3, 0.4) is 0 Å². The molecule has 4 unspecified atom stereocenters. The fraction of sp³-hybridized carbons (Fsp3) is 0.611. The Morgan fingerprint density at radius 2 is 1.96 bits per heavy atom. The summed E-state index contributed by atoms with van der Waals surface area (Å²) in [6.45, 7) is 4.77. The van der Waals surface area contributed by atoms with Crippen molar-refractivity contribution in [2.75, 3.05) is 19.6 Å². The summed E-state index contributed by atoms with van der Waals surface area (Å²) in [5.41, 5.74) is 0.285. The molecule has 3 fully saturated rings. The molecule has 3 aliphatic heterocycles. The van der Waals surface area contributed by atoms with Gasteiger partial charge >= 0.3 is 0 Å². The Labute approximate surface area is 140 Å². The van der Waals surface area contributed by atoms with E-state index in [1.54, 1.807) is 0 Å². The molecular weight excluding hydrogens is 312 g/mol. The van der Waals surface area contributed by atoms with E-state index in [1.165, 1.54) is 18.9 Å². The lowest BCUT2D eigenvalue weighted by Gasteiger charge is -2.23. The molecule has 3 aliphatic rings. The van der Waals surface area contributed by atoms with Gasteiger partial charge in [0.2, 0.25) is 0 Å². The maximum absolute atomic E-state index is 13.8. The number of aliphatic imine (C=N–C) groups is 1. The molecular formula is C18H23F2N3O. The van der Waals surface area contributed by atoms with Crippen LogP contribution in [0, 0.1) is 23.5 Å². The zero-order chi connectivity index (χ0) is 16.7. The average molecular weight is 335 g/mol. The number of hydrogen-bond donors (Lipinski definition) is 1. The second-order valence-corrected chi connectivity index (χ2v) is 6.93. The molecule has 0 saturated carbocycles. The van der Waals surface area contributed by atoms with Crippen molar-refractivity contribution in [3.63, 3.8) is 0 Å². The Balaban J connectivity index is 1.49. The minimum atomic E-state index is -0.434. The number of benzene rings is 1. The van der Waals surface area contributed by atoms with Crippen LogP contribution < -0.4 is 5.32 Å². The average Bonchev–Trinajstić information content (AvgIpc) is 3.26. The minimum Gasteiger partial charge on any atom is -0.374 e. The molecule has 130 valence electrons. The van der Waals surface area contributed by atoms with E-state index >= 15 is 0 Å². The maximum Gasteiger partial charge on any atom is 0.194 e. The van der Waals surface area contributed by atoms with Gasteiger partial charge in [-0.25, -0.2) is 13.8 Å². The molecule has 0 amide bonds. The number of likely N-dealkylation sites (tertiary alicyclic amines) is 1. The monoisotopic (exact) mass is 335 g/mol. The van der Waals surface area contributed by atoms with Crippen molar-refractivity contribution >= 4 is 5.96 Å². The molecule has 0 aliphatic carbocycles. The highest BCUT2D eigenvalue weighted by Crippen LogP contribution is 2.47. The van der Waals surface area contributed by atoms with Gasteiger partial charge in [-0.05, 0) is 38.0 Å². The SMILES string of the molecule is CCNC(=NCc1cc(F)ccc1F)N1CC2C3CCC(O3)C2C1. The van der Waals surface area contributed by atoms with E-state index in [0.29, 0.717) is 24.0 Å². The summed E-state index contributed by atoms with van der Waals surface area (Å²) in [6, 6.07) is 3.50. The second-order valence-electron chi connectivity index (χ2n) is 6.93. The van der Waals surface area contributed by atoms with E-state index in [1.807, 2.05) is 6.92 Å². The first-order chi connectivity index (χ1) is 11.7. The predicted molar refractivity (Wildman–Crippen MR) is 87.6 cm³/mol. The van der Waals surface area contributed by atoms with E-state index in [4.69, 9.17) is 4.74 Å². The van der Waals surface area contributed by atoms with Crippen molar-refractivity contribution < 1.29 is 13.5 Å². The van der Waals surface area contributed by atoms with Gasteiger partial charge in [-0.1, -0.05) is 0 Å². The third kappa shape index (κ3) is 2.77. The molecule has 4 atom stereocenters. The molecule has 0 aromatic heterocycles. The van der Waals surface area contributed by atoms with Gasteiger partial charge in [0.15, 0.2) is 5.96 Å². The van der Waals surface area contributed by atoms with Crippen molar-refractivity contribution in [2.24, 2.45) is 16.8 Å². The summed E-state index contributed by atoms with van der Waals surface area (Å²) >= 11 is 0. The van der Waals surface area contributed by atoms with Gasteiger partial charge in [0.05, 0.1) is 18.8 Å². The molecule has 6 heteroatoms. The van der Waals surface area contributed by atoms with E-state index in [9.17, 15) is 8.78 Å². The Bertz CT molecular complexity index is 633. The highest BCUT2D eigenvalue weighted by Gasteiger charge is 2.53. The van der Waals surface area contributed by atoms with Crippen LogP contribution in [0.1, 0.15) is 25.3 Å². The van der Waals surface area contributed by atoms with Crippen LogP contribution >= 0.6 is 0 Å². The fourth-order valence-corrected chi connectivity index (χ4v) is 4.38. The van der Waals surface area contributed by atoms with E-state index in [-0.39, 0.29) is 12.1 Å². The van der Waals surface area contributed by atoms with Gasteiger partial charge in [0.25, 0.3) is 0 Å². The molecule has 24 heavy (non-hydrogen) atoms. The topological polar surface area (TPSA) is 36.9 Å². The highest BCUT2D eigenvalue weighted by molar-refractivity contribution is 5.80. The number of nitrogens with zero attached hydrogens (tertiary/aromatic N) is 2. The highest BCUT2D eigenvalue weighted by atomic mass is 19.1. The number of fused-ring (bicyclic) bond motifs is 5. The van der Waals surface area contributed by atoms with Crippen LogP contribution in [0.25, 0.3) is 0 Å². The van der Waals surface area contributed by atoms with Gasteiger partial charge in [-0.3, -0.25) is 0 Å². The molecule has 0 radical (unpaired) electrons. The van der Waals surface area contributed by atoms with Crippen molar-refractivity contribution in [3.05, 3.63) is 35.4 Å². The number of halogens is 2. The number of ether oxygens (including phenoxy) is 1. The van der Waals surface area contributed by atoms with Crippen LogP contribution in [0.15, 0.2) is 23.2 Å². The van der Waals surface area contributed by atoms with E-state index < -0.39 is 11.6 Å². The van der Waals surface area contributed by atoms with Gasteiger partial charge in [0.1, 0.15) is 11.6 Å². The molecule has 3 saturated heterocycles. The normalized spacial score (nSPS) is 31.6. The quantitative estimate of drug-likeness (QED) is 0.681. The van der Waals surface area contributed by atoms with Gasteiger partial charge in [-0.2, -0.15) is 0 Å².